The molecule has 0 bridgehead atoms. The third-order valence-electron chi connectivity index (χ3n) is 11.2. The number of aliphatic hydroxyl groups is 1. The molecule has 3 aliphatic carbocycles. The molecule has 0 unspecified atom stereocenters. The van der Waals surface area contributed by atoms with Gasteiger partial charge in [0, 0.05) is 0 Å². The van der Waals surface area contributed by atoms with Gasteiger partial charge in [-0.05, 0) is 121 Å². The van der Waals surface area contributed by atoms with E-state index in [1.165, 1.54) is 5.56 Å². The maximum absolute atomic E-state index is 13.3. The molecule has 9 nitrogen and oxygen atoms in total. The van der Waals surface area contributed by atoms with Gasteiger partial charge in [0.25, 0.3) is 0 Å². The molecular formula is C38H47N3O6S. The second-order valence-corrected chi connectivity index (χ2v) is 15.4. The molecule has 5 N–H and O–H groups in total. The van der Waals surface area contributed by atoms with E-state index in [9.17, 15) is 23.1 Å². The molecule has 2 amide bonds. The molecule has 3 aromatic carbocycles. The zero-order chi connectivity index (χ0) is 33.9. The number of carbonyl (C=O) groups is 2. The van der Waals surface area contributed by atoms with Crippen molar-refractivity contribution in [3.05, 3.63) is 101 Å². The Hall–Kier alpha value is -3.57. The molecule has 0 aliphatic heterocycles. The van der Waals surface area contributed by atoms with Crippen LogP contribution in [-0.2, 0) is 39.2 Å². The summed E-state index contributed by atoms with van der Waals surface area (Å²) in [7, 11) is -4.07. The van der Waals surface area contributed by atoms with Crippen LogP contribution in [0.3, 0.4) is 0 Å². The van der Waals surface area contributed by atoms with Crippen molar-refractivity contribution in [1.82, 2.24) is 10.6 Å². The Balaban J connectivity index is 1.05. The molecule has 3 aromatic rings. The van der Waals surface area contributed by atoms with E-state index in [4.69, 9.17) is 9.32 Å². The highest BCUT2D eigenvalue weighted by molar-refractivity contribution is 7.84. The number of benzene rings is 3. The van der Waals surface area contributed by atoms with E-state index in [0.29, 0.717) is 30.7 Å². The number of imide groups is 1. The van der Waals surface area contributed by atoms with E-state index in [1.54, 1.807) is 6.07 Å². The molecule has 6 rings (SSSR count). The fourth-order valence-electron chi connectivity index (χ4n) is 8.97. The second kappa shape index (κ2) is 14.5. The standard InChI is InChI=1S/C38H47N3O6S/c1-38-19-18-31-30-17-15-29(47-48(39,45)46)23-27(30)14-16-32(31)33(38)24-28(36(38)43)13-8-20-40-34(21-25-9-4-2-5-10-25)37(44)41-35(42)22-26-11-6-3-7-12-26/h2-7,9-12,15,17,23,28,31-34,36,40,43H,8,13-14,16,18-22,24H2,1H3,(H2,39,45,46)(H,41,42,44)/t28-,31+,32+,33-,34-,36-,38-/m0/s1. The third-order valence-corrected chi connectivity index (χ3v) is 11.7. The minimum absolute atomic E-state index is 0.137. The number of fused-ring (bicyclic) bond motifs is 5. The first kappa shape index (κ1) is 34.3. The molecule has 7 atom stereocenters. The number of amides is 2. The van der Waals surface area contributed by atoms with Gasteiger partial charge in [0.05, 0.1) is 18.6 Å². The van der Waals surface area contributed by atoms with Gasteiger partial charge in [-0.2, -0.15) is 13.6 Å². The van der Waals surface area contributed by atoms with Crippen molar-refractivity contribution >= 4 is 22.1 Å². The maximum atomic E-state index is 13.3. The lowest BCUT2D eigenvalue weighted by Gasteiger charge is -2.50. The second-order valence-electron chi connectivity index (χ2n) is 14.3. The van der Waals surface area contributed by atoms with Crippen molar-refractivity contribution in [1.29, 1.82) is 0 Å². The smallest absolute Gasteiger partial charge is 0.380 e. The van der Waals surface area contributed by atoms with Crippen molar-refractivity contribution in [3.63, 3.8) is 0 Å². The number of carbonyl (C=O) groups excluding carboxylic acids is 2. The number of nitrogens with two attached hydrogens (primary N) is 1. The molecule has 48 heavy (non-hydrogen) atoms. The highest BCUT2D eigenvalue weighted by Crippen LogP contribution is 2.62. The van der Waals surface area contributed by atoms with Crippen LogP contribution in [0.1, 0.15) is 73.6 Å². The summed E-state index contributed by atoms with van der Waals surface area (Å²) < 4.78 is 27.8. The van der Waals surface area contributed by atoms with E-state index in [-0.39, 0.29) is 41.4 Å². The summed E-state index contributed by atoms with van der Waals surface area (Å²) in [5.41, 5.74) is 4.12. The highest BCUT2D eigenvalue weighted by Gasteiger charge is 2.57. The highest BCUT2D eigenvalue weighted by atomic mass is 32.2. The molecule has 0 aromatic heterocycles. The van der Waals surface area contributed by atoms with E-state index in [1.807, 2.05) is 72.8 Å². The van der Waals surface area contributed by atoms with E-state index < -0.39 is 16.3 Å². The van der Waals surface area contributed by atoms with Crippen molar-refractivity contribution in [2.24, 2.45) is 28.3 Å². The lowest BCUT2D eigenvalue weighted by molar-refractivity contribution is -0.131. The molecule has 3 aliphatic rings. The zero-order valence-corrected chi connectivity index (χ0v) is 28.3. The van der Waals surface area contributed by atoms with Gasteiger partial charge < -0.3 is 14.6 Å². The van der Waals surface area contributed by atoms with Gasteiger partial charge in [0.15, 0.2) is 0 Å². The average molecular weight is 674 g/mol. The normalized spacial score (nSPS) is 26.9. The first-order chi connectivity index (χ1) is 23.0. The summed E-state index contributed by atoms with van der Waals surface area (Å²) in [5, 5.41) is 22.8. The summed E-state index contributed by atoms with van der Waals surface area (Å²) >= 11 is 0. The van der Waals surface area contributed by atoms with Gasteiger partial charge in [-0.3, -0.25) is 14.9 Å². The van der Waals surface area contributed by atoms with Crippen molar-refractivity contribution in [3.8, 4) is 5.75 Å². The quantitative estimate of drug-likeness (QED) is 0.206. The van der Waals surface area contributed by atoms with Gasteiger partial charge in [0.2, 0.25) is 11.8 Å². The Morgan fingerprint density at radius 2 is 1.73 bits per heavy atom. The van der Waals surface area contributed by atoms with Crippen LogP contribution in [0.2, 0.25) is 0 Å². The fraction of sp³-hybridized carbons (Fsp3) is 0.474. The van der Waals surface area contributed by atoms with Crippen LogP contribution in [0.25, 0.3) is 0 Å². The summed E-state index contributed by atoms with van der Waals surface area (Å²) in [4.78, 5) is 26.0. The van der Waals surface area contributed by atoms with Gasteiger partial charge in [0.1, 0.15) is 5.75 Å². The minimum Gasteiger partial charge on any atom is -0.392 e. The summed E-state index contributed by atoms with van der Waals surface area (Å²) in [6.07, 6.45) is 6.65. The molecule has 0 radical (unpaired) electrons. The summed E-state index contributed by atoms with van der Waals surface area (Å²) in [6.45, 7) is 2.87. The topological polar surface area (TPSA) is 148 Å². The minimum atomic E-state index is -4.07. The first-order valence-corrected chi connectivity index (χ1v) is 18.7. The molecular weight excluding hydrogens is 627 g/mol. The average Bonchev–Trinajstić information content (AvgIpc) is 3.31. The Morgan fingerprint density at radius 1 is 1.02 bits per heavy atom. The van der Waals surface area contributed by atoms with Crippen LogP contribution in [-0.4, -0.2) is 44.0 Å². The SMILES string of the molecule is C[C@]12CC[C@@H]3c4ccc(OS(N)(=O)=O)cc4CC[C@H]3[C@@H]1C[C@H](CCCN[C@@H](Cc1ccccc1)C(=O)NC(=O)Cc1ccccc1)[C@@H]2O. The van der Waals surface area contributed by atoms with E-state index >= 15 is 0 Å². The lowest BCUT2D eigenvalue weighted by Crippen LogP contribution is -2.48. The molecule has 0 saturated heterocycles. The number of nitrogens with one attached hydrogen (secondary N) is 2. The third kappa shape index (κ3) is 7.83. The van der Waals surface area contributed by atoms with Gasteiger partial charge in [-0.25, -0.2) is 0 Å². The molecule has 2 fully saturated rings. The Kier molecular flexibility index (Phi) is 10.4. The monoisotopic (exact) mass is 673 g/mol. The van der Waals surface area contributed by atoms with Gasteiger partial charge in [-0.1, -0.05) is 73.7 Å². The number of aryl methyl sites for hydroxylation is 1. The van der Waals surface area contributed by atoms with Crippen LogP contribution < -0.4 is 20.0 Å². The summed E-state index contributed by atoms with van der Waals surface area (Å²) in [5.74, 6) is 1.04. The predicted molar refractivity (Wildman–Crippen MR) is 184 cm³/mol. The largest absolute Gasteiger partial charge is 0.392 e. The Morgan fingerprint density at radius 3 is 2.44 bits per heavy atom. The van der Waals surface area contributed by atoms with E-state index in [2.05, 4.69) is 17.6 Å². The van der Waals surface area contributed by atoms with Crippen LogP contribution >= 0.6 is 0 Å². The molecule has 10 heteroatoms. The molecule has 2 saturated carbocycles. The zero-order valence-electron chi connectivity index (χ0n) is 27.5. The van der Waals surface area contributed by atoms with Crippen molar-refractivity contribution in [2.45, 2.75) is 82.8 Å². The summed E-state index contributed by atoms with van der Waals surface area (Å²) in [6, 6.07) is 24.1. The molecule has 0 spiro atoms. The Labute approximate surface area is 283 Å². The number of hydrogen-bond donors (Lipinski definition) is 4. The predicted octanol–water partition coefficient (Wildman–Crippen LogP) is 4.58. The van der Waals surface area contributed by atoms with Crippen LogP contribution in [0, 0.1) is 23.2 Å². The number of rotatable bonds is 12. The van der Waals surface area contributed by atoms with Gasteiger partial charge >= 0.3 is 10.3 Å². The first-order valence-electron chi connectivity index (χ1n) is 17.2. The fourth-order valence-corrected chi connectivity index (χ4v) is 9.34. The van der Waals surface area contributed by atoms with Gasteiger partial charge in [-0.15, -0.1) is 0 Å². The van der Waals surface area contributed by atoms with Crippen LogP contribution in [0.15, 0.2) is 78.9 Å². The van der Waals surface area contributed by atoms with E-state index in [0.717, 1.165) is 61.6 Å². The maximum Gasteiger partial charge on any atom is 0.380 e. The van der Waals surface area contributed by atoms with Crippen LogP contribution in [0.4, 0.5) is 0 Å². The molecule has 256 valence electrons. The molecule has 0 heterocycles. The number of hydrogen-bond acceptors (Lipinski definition) is 7. The van der Waals surface area contributed by atoms with Crippen molar-refractivity contribution in [2.75, 3.05) is 6.54 Å². The lowest BCUT2D eigenvalue weighted by atomic mass is 9.55. The van der Waals surface area contributed by atoms with Crippen LogP contribution in [0.5, 0.6) is 5.75 Å². The van der Waals surface area contributed by atoms with Crippen molar-refractivity contribution < 1.29 is 27.3 Å². The number of aliphatic hydroxyl groups excluding tert-OH is 1. The Bertz CT molecular complexity index is 1700.